The van der Waals surface area contributed by atoms with Crippen LogP contribution in [-0.4, -0.2) is 66.0 Å². The van der Waals surface area contributed by atoms with Crippen molar-refractivity contribution >= 4 is 29.8 Å². The van der Waals surface area contributed by atoms with Gasteiger partial charge in [-0.25, -0.2) is 9.59 Å². The van der Waals surface area contributed by atoms with E-state index in [9.17, 15) is 24.0 Å². The minimum absolute atomic E-state index is 0.212. The number of carboxylic acid groups (broad SMARTS) is 1. The summed E-state index contributed by atoms with van der Waals surface area (Å²) >= 11 is 0. The normalized spacial score (nSPS) is 15.6. The van der Waals surface area contributed by atoms with Gasteiger partial charge >= 0.3 is 18.0 Å². The van der Waals surface area contributed by atoms with Gasteiger partial charge in [-0.15, -0.1) is 0 Å². The van der Waals surface area contributed by atoms with Crippen molar-refractivity contribution in [3.63, 3.8) is 0 Å². The maximum absolute atomic E-state index is 11.6. The van der Waals surface area contributed by atoms with Gasteiger partial charge < -0.3 is 20.5 Å². The smallest absolute Gasteiger partial charge is 0.326 e. The molecule has 1 aliphatic heterocycles. The Balaban J connectivity index is 2.58. The van der Waals surface area contributed by atoms with Crippen LogP contribution in [0.15, 0.2) is 0 Å². The van der Waals surface area contributed by atoms with Crippen LogP contribution in [0.4, 0.5) is 4.79 Å². The second kappa shape index (κ2) is 6.50. The van der Waals surface area contributed by atoms with E-state index >= 15 is 0 Å². The highest BCUT2D eigenvalue weighted by Gasteiger charge is 2.31. The van der Waals surface area contributed by atoms with Crippen LogP contribution in [0, 0.1) is 0 Å². The highest BCUT2D eigenvalue weighted by Crippen LogP contribution is 2.00. The largest absolute Gasteiger partial charge is 0.480 e. The van der Waals surface area contributed by atoms with Crippen molar-refractivity contribution in [3.8, 4) is 0 Å². The van der Waals surface area contributed by atoms with Gasteiger partial charge in [-0.2, -0.15) is 0 Å². The van der Waals surface area contributed by atoms with E-state index in [1.165, 1.54) is 0 Å². The molecule has 0 spiro atoms. The molecule has 1 rings (SSSR count). The molecule has 10 heteroatoms. The van der Waals surface area contributed by atoms with E-state index in [2.05, 4.69) is 10.1 Å². The zero-order valence-corrected chi connectivity index (χ0v) is 10.5. The Labute approximate surface area is 113 Å². The lowest BCUT2D eigenvalue weighted by Crippen LogP contribution is -2.47. The van der Waals surface area contributed by atoms with Gasteiger partial charge in [-0.1, -0.05) is 0 Å². The molecule has 1 fully saturated rings. The highest BCUT2D eigenvalue weighted by atomic mass is 16.5. The molecule has 0 saturated carbocycles. The van der Waals surface area contributed by atoms with Gasteiger partial charge in [-0.05, 0) is 0 Å². The van der Waals surface area contributed by atoms with Crippen molar-refractivity contribution in [2.45, 2.75) is 12.5 Å². The van der Waals surface area contributed by atoms with Gasteiger partial charge in [0.2, 0.25) is 5.91 Å². The van der Waals surface area contributed by atoms with E-state index in [1.54, 1.807) is 0 Å². The second-order valence-electron chi connectivity index (χ2n) is 3.88. The van der Waals surface area contributed by atoms with Gasteiger partial charge in [0.15, 0.2) is 0 Å². The van der Waals surface area contributed by atoms with Crippen LogP contribution in [0.5, 0.6) is 0 Å². The van der Waals surface area contributed by atoms with Crippen molar-refractivity contribution in [2.75, 3.05) is 20.2 Å². The number of hydrogen-bond donors (Lipinski definition) is 3. The SMILES string of the molecule is COC(=O)C[C@H](NC(=O)CN1C(=O)CNC1=O)C(=O)O. The van der Waals surface area contributed by atoms with Crippen LogP contribution >= 0.6 is 0 Å². The lowest BCUT2D eigenvalue weighted by atomic mass is 10.2. The molecule has 0 aromatic carbocycles. The fourth-order valence-corrected chi connectivity index (χ4v) is 1.45. The Morgan fingerprint density at radius 2 is 2.10 bits per heavy atom. The maximum atomic E-state index is 11.6. The quantitative estimate of drug-likeness (QED) is 0.367. The summed E-state index contributed by atoms with van der Waals surface area (Å²) in [5, 5.41) is 13.1. The Morgan fingerprint density at radius 1 is 1.45 bits per heavy atom. The van der Waals surface area contributed by atoms with Crippen molar-refractivity contribution in [1.29, 1.82) is 0 Å². The lowest BCUT2D eigenvalue weighted by Gasteiger charge is -2.16. The number of carbonyl (C=O) groups is 5. The number of ether oxygens (including phenoxy) is 1. The number of methoxy groups -OCH3 is 1. The summed E-state index contributed by atoms with van der Waals surface area (Å²) in [6.45, 7) is -0.827. The molecule has 10 nitrogen and oxygen atoms in total. The maximum Gasteiger partial charge on any atom is 0.326 e. The third-order valence-electron chi connectivity index (χ3n) is 2.47. The summed E-state index contributed by atoms with van der Waals surface area (Å²) < 4.78 is 4.30. The number of nitrogens with one attached hydrogen (secondary N) is 2. The molecule has 0 aromatic heterocycles. The fraction of sp³-hybridized carbons (Fsp3) is 0.500. The number of carboxylic acids is 1. The first-order valence-corrected chi connectivity index (χ1v) is 5.52. The Bertz CT molecular complexity index is 446. The van der Waals surface area contributed by atoms with Gasteiger partial charge in [0.25, 0.3) is 5.91 Å². The van der Waals surface area contributed by atoms with Crippen molar-refractivity contribution < 1.29 is 33.8 Å². The van der Waals surface area contributed by atoms with Gasteiger partial charge in [0.1, 0.15) is 12.6 Å². The molecule has 1 heterocycles. The minimum atomic E-state index is -1.49. The summed E-state index contributed by atoms with van der Waals surface area (Å²) in [6.07, 6.45) is -0.558. The molecular formula is C10H13N3O7. The monoisotopic (exact) mass is 287 g/mol. The van der Waals surface area contributed by atoms with E-state index in [0.29, 0.717) is 4.90 Å². The van der Waals surface area contributed by atoms with Gasteiger partial charge in [0.05, 0.1) is 20.1 Å². The third-order valence-corrected chi connectivity index (χ3v) is 2.47. The molecule has 0 bridgehead atoms. The number of rotatable bonds is 6. The fourth-order valence-electron chi connectivity index (χ4n) is 1.45. The first kappa shape index (κ1) is 15.4. The summed E-state index contributed by atoms with van der Waals surface area (Å²) in [5.74, 6) is -3.70. The number of hydrogen-bond acceptors (Lipinski definition) is 6. The summed E-state index contributed by atoms with van der Waals surface area (Å²) in [6, 6.07) is -2.22. The molecule has 0 aromatic rings. The Kier molecular flexibility index (Phi) is 5.01. The number of amides is 4. The summed E-state index contributed by atoms with van der Waals surface area (Å²) in [5.41, 5.74) is 0. The second-order valence-corrected chi connectivity index (χ2v) is 3.88. The molecule has 4 amide bonds. The molecule has 1 saturated heterocycles. The number of nitrogens with zero attached hydrogens (tertiary/aromatic N) is 1. The van der Waals surface area contributed by atoms with Crippen LogP contribution in [0.1, 0.15) is 6.42 Å². The standard InChI is InChI=1S/C10H13N3O7/c1-20-8(16)2-5(9(17)18)12-6(14)4-13-7(15)3-11-10(13)19/h5H,2-4H2,1H3,(H,11,19)(H,12,14)(H,17,18)/t5-/m0/s1. The average molecular weight is 287 g/mol. The zero-order chi connectivity index (χ0) is 15.3. The van der Waals surface area contributed by atoms with E-state index in [4.69, 9.17) is 5.11 Å². The third kappa shape index (κ3) is 3.93. The molecule has 3 N–H and O–H groups in total. The van der Waals surface area contributed by atoms with Crippen molar-refractivity contribution in [3.05, 3.63) is 0 Å². The first-order chi connectivity index (χ1) is 9.35. The molecule has 110 valence electrons. The van der Waals surface area contributed by atoms with Crippen LogP contribution in [0.2, 0.25) is 0 Å². The summed E-state index contributed by atoms with van der Waals surface area (Å²) in [7, 11) is 1.08. The first-order valence-electron chi connectivity index (χ1n) is 5.52. The van der Waals surface area contributed by atoms with Crippen LogP contribution in [0.25, 0.3) is 0 Å². The van der Waals surface area contributed by atoms with Crippen LogP contribution in [0.3, 0.4) is 0 Å². The lowest BCUT2D eigenvalue weighted by molar-refractivity contribution is -0.149. The van der Waals surface area contributed by atoms with E-state index in [-0.39, 0.29) is 6.54 Å². The number of aliphatic carboxylic acids is 1. The van der Waals surface area contributed by atoms with E-state index in [0.717, 1.165) is 7.11 Å². The zero-order valence-electron chi connectivity index (χ0n) is 10.5. The molecule has 0 aliphatic carbocycles. The molecule has 0 radical (unpaired) electrons. The molecule has 0 unspecified atom stereocenters. The number of imide groups is 1. The molecule has 20 heavy (non-hydrogen) atoms. The molecule has 1 atom stereocenters. The number of urea groups is 1. The molecular weight excluding hydrogens is 274 g/mol. The number of carbonyl (C=O) groups excluding carboxylic acids is 4. The highest BCUT2D eigenvalue weighted by molar-refractivity contribution is 6.04. The van der Waals surface area contributed by atoms with Crippen molar-refractivity contribution in [1.82, 2.24) is 15.5 Å². The van der Waals surface area contributed by atoms with Crippen LogP contribution < -0.4 is 10.6 Å². The van der Waals surface area contributed by atoms with Crippen LogP contribution in [-0.2, 0) is 23.9 Å². The predicted octanol–water partition coefficient (Wildman–Crippen LogP) is -2.33. The Hall–Kier alpha value is -2.65. The van der Waals surface area contributed by atoms with E-state index in [1.807, 2.05) is 5.32 Å². The van der Waals surface area contributed by atoms with E-state index < -0.39 is 48.8 Å². The van der Waals surface area contributed by atoms with Gasteiger partial charge in [0, 0.05) is 0 Å². The topological polar surface area (TPSA) is 142 Å². The van der Waals surface area contributed by atoms with Gasteiger partial charge in [-0.3, -0.25) is 19.3 Å². The predicted molar refractivity (Wildman–Crippen MR) is 61.3 cm³/mol. The molecule has 1 aliphatic rings. The number of esters is 1. The summed E-state index contributed by atoms with van der Waals surface area (Å²) in [4.78, 5) is 56.5. The average Bonchev–Trinajstić information content (AvgIpc) is 2.69. The van der Waals surface area contributed by atoms with Crippen molar-refractivity contribution in [2.24, 2.45) is 0 Å². The Morgan fingerprint density at radius 3 is 2.55 bits per heavy atom. The minimum Gasteiger partial charge on any atom is -0.480 e.